The highest BCUT2D eigenvalue weighted by Crippen LogP contribution is 2.28. The highest BCUT2D eigenvalue weighted by molar-refractivity contribution is 6.13. The second-order valence-electron chi connectivity index (χ2n) is 4.89. The molecule has 0 N–H and O–H groups in total. The normalized spacial score (nSPS) is 15.5. The fourth-order valence-corrected chi connectivity index (χ4v) is 2.60. The molecule has 3 nitrogen and oxygen atoms in total. The van der Waals surface area contributed by atoms with E-state index in [4.69, 9.17) is 0 Å². The number of hydrogen-bond donors (Lipinski definition) is 0. The van der Waals surface area contributed by atoms with Crippen molar-refractivity contribution in [1.82, 2.24) is 0 Å². The molecule has 0 aliphatic carbocycles. The van der Waals surface area contributed by atoms with Gasteiger partial charge in [0.1, 0.15) is 5.84 Å². The molecule has 0 bridgehead atoms. The zero-order chi connectivity index (χ0) is 14.1. The molecule has 1 aliphatic rings. The minimum Gasteiger partial charge on any atom is -0.322 e. The summed E-state index contributed by atoms with van der Waals surface area (Å²) in [6.45, 7) is 2.40. The molecule has 2 aromatic rings. The molecule has 0 aromatic heterocycles. The van der Waals surface area contributed by atoms with Gasteiger partial charge in [-0.05, 0) is 36.8 Å². The largest absolute Gasteiger partial charge is 0.322 e. The van der Waals surface area contributed by atoms with Crippen LogP contribution < -0.4 is 4.90 Å². The van der Waals surface area contributed by atoms with Crippen LogP contribution in [-0.4, -0.2) is 18.7 Å². The van der Waals surface area contributed by atoms with E-state index in [0.29, 0.717) is 0 Å². The summed E-state index contributed by atoms with van der Waals surface area (Å²) in [6.07, 6.45) is 0. The molecule has 0 radical (unpaired) electrons. The van der Waals surface area contributed by atoms with Crippen molar-refractivity contribution in [3.63, 3.8) is 0 Å². The Hall–Kier alpha value is -2.42. The molecule has 0 amide bonds. The van der Waals surface area contributed by atoms with E-state index in [1.807, 2.05) is 37.4 Å². The van der Waals surface area contributed by atoms with Crippen molar-refractivity contribution in [2.24, 2.45) is 4.99 Å². The maximum atomic E-state index is 11.3. The molecule has 0 unspecified atom stereocenters. The highest BCUT2D eigenvalue weighted by Gasteiger charge is 2.25. The molecule has 1 aliphatic heterocycles. The van der Waals surface area contributed by atoms with Gasteiger partial charge in [-0.1, -0.05) is 24.3 Å². The lowest BCUT2D eigenvalue weighted by atomic mass is 10.1. The van der Waals surface area contributed by atoms with Gasteiger partial charge >= 0.3 is 0 Å². The van der Waals surface area contributed by atoms with E-state index in [9.17, 15) is 4.79 Å². The summed E-state index contributed by atoms with van der Waals surface area (Å²) >= 11 is 0. The third-order valence-corrected chi connectivity index (χ3v) is 3.64. The van der Waals surface area contributed by atoms with Crippen LogP contribution in [-0.2, 0) is 6.54 Å². The van der Waals surface area contributed by atoms with Crippen molar-refractivity contribution in [1.29, 1.82) is 0 Å². The van der Waals surface area contributed by atoms with E-state index in [2.05, 4.69) is 28.1 Å². The lowest BCUT2D eigenvalue weighted by Crippen LogP contribution is -2.24. The van der Waals surface area contributed by atoms with Crippen molar-refractivity contribution < 1.29 is 4.79 Å². The highest BCUT2D eigenvalue weighted by atomic mass is 16.1. The number of aliphatic imine (C=N–C) groups is 1. The Kier molecular flexibility index (Phi) is 3.11. The smallest absolute Gasteiger partial charge is 0.159 e. The number of benzene rings is 2. The molecule has 20 heavy (non-hydrogen) atoms. The topological polar surface area (TPSA) is 32.7 Å². The van der Waals surface area contributed by atoms with Crippen LogP contribution in [0.5, 0.6) is 0 Å². The summed E-state index contributed by atoms with van der Waals surface area (Å²) < 4.78 is 0. The Balaban J connectivity index is 1.98. The minimum atomic E-state index is 0.0886. The fraction of sp³-hybridized carbons (Fsp3) is 0.176. The van der Waals surface area contributed by atoms with Gasteiger partial charge in [-0.3, -0.25) is 9.79 Å². The second-order valence-corrected chi connectivity index (χ2v) is 4.89. The van der Waals surface area contributed by atoms with Gasteiger partial charge in [-0.15, -0.1) is 0 Å². The standard InChI is InChI=1S/C17H16N2O/c1-12(20)13-7-9-15(10-8-13)19-11-14-5-3-4-6-16(14)17(19)18-2/h3-10H,11H2,1-2H3. The number of nitrogens with zero attached hydrogens (tertiary/aromatic N) is 2. The summed E-state index contributed by atoms with van der Waals surface area (Å²) in [5.41, 5.74) is 4.27. The van der Waals surface area contributed by atoms with Crippen molar-refractivity contribution in [3.05, 3.63) is 65.2 Å². The van der Waals surface area contributed by atoms with Gasteiger partial charge in [0.05, 0.1) is 6.54 Å². The number of rotatable bonds is 2. The Morgan fingerprint density at radius 3 is 2.45 bits per heavy atom. The van der Waals surface area contributed by atoms with Crippen molar-refractivity contribution in [2.75, 3.05) is 11.9 Å². The molecule has 3 heteroatoms. The first-order valence-electron chi connectivity index (χ1n) is 6.64. The summed E-state index contributed by atoms with van der Waals surface area (Å²) in [5.74, 6) is 1.07. The van der Waals surface area contributed by atoms with E-state index in [1.165, 1.54) is 11.1 Å². The van der Waals surface area contributed by atoms with E-state index in [0.717, 1.165) is 23.6 Å². The first-order chi connectivity index (χ1) is 9.70. The lowest BCUT2D eigenvalue weighted by molar-refractivity contribution is 0.101. The summed E-state index contributed by atoms with van der Waals surface area (Å²) in [5, 5.41) is 0. The Labute approximate surface area is 118 Å². The van der Waals surface area contributed by atoms with Crippen LogP contribution in [0.4, 0.5) is 5.69 Å². The van der Waals surface area contributed by atoms with E-state index >= 15 is 0 Å². The third kappa shape index (κ3) is 2.01. The number of fused-ring (bicyclic) bond motifs is 1. The molecule has 0 saturated heterocycles. The van der Waals surface area contributed by atoms with Gasteiger partial charge in [-0.25, -0.2) is 0 Å². The van der Waals surface area contributed by atoms with Crippen molar-refractivity contribution >= 4 is 17.3 Å². The molecule has 0 spiro atoms. The van der Waals surface area contributed by atoms with Crippen LogP contribution in [0.1, 0.15) is 28.4 Å². The third-order valence-electron chi connectivity index (χ3n) is 3.64. The van der Waals surface area contributed by atoms with Crippen LogP contribution in [0.3, 0.4) is 0 Å². The first-order valence-corrected chi connectivity index (χ1v) is 6.64. The number of ketones is 1. The van der Waals surface area contributed by atoms with Crippen molar-refractivity contribution in [2.45, 2.75) is 13.5 Å². The van der Waals surface area contributed by atoms with Gasteiger partial charge < -0.3 is 4.90 Å². The number of amidine groups is 1. The SMILES string of the molecule is CN=C1c2ccccc2CN1c1ccc(C(C)=O)cc1. The first kappa shape index (κ1) is 12.6. The monoisotopic (exact) mass is 264 g/mol. The lowest BCUT2D eigenvalue weighted by Gasteiger charge is -2.19. The Morgan fingerprint density at radius 1 is 1.10 bits per heavy atom. The number of hydrogen-bond acceptors (Lipinski definition) is 2. The fourth-order valence-electron chi connectivity index (χ4n) is 2.60. The van der Waals surface area contributed by atoms with E-state index in [1.54, 1.807) is 6.92 Å². The summed E-state index contributed by atoms with van der Waals surface area (Å²) in [4.78, 5) is 17.9. The minimum absolute atomic E-state index is 0.0886. The van der Waals surface area contributed by atoms with Crippen LogP contribution in [0, 0.1) is 0 Å². The maximum Gasteiger partial charge on any atom is 0.159 e. The van der Waals surface area contributed by atoms with Gasteiger partial charge in [0, 0.05) is 23.9 Å². The average Bonchev–Trinajstić information content (AvgIpc) is 2.85. The van der Waals surface area contributed by atoms with Crippen LogP contribution in [0.25, 0.3) is 0 Å². The van der Waals surface area contributed by atoms with E-state index < -0.39 is 0 Å². The average molecular weight is 264 g/mol. The molecule has 0 saturated carbocycles. The molecule has 100 valence electrons. The second kappa shape index (κ2) is 4.93. The van der Waals surface area contributed by atoms with Crippen LogP contribution in [0.2, 0.25) is 0 Å². The van der Waals surface area contributed by atoms with Gasteiger partial charge in [0.15, 0.2) is 5.78 Å². The molecule has 0 fully saturated rings. The number of carbonyl (C=O) groups is 1. The summed E-state index contributed by atoms with van der Waals surface area (Å²) in [7, 11) is 1.81. The molecule has 1 heterocycles. The van der Waals surface area contributed by atoms with Gasteiger partial charge in [0.25, 0.3) is 0 Å². The number of carbonyl (C=O) groups excluding carboxylic acids is 1. The molecular weight excluding hydrogens is 248 g/mol. The Bertz CT molecular complexity index is 686. The molecule has 0 atom stereocenters. The predicted molar refractivity (Wildman–Crippen MR) is 81.5 cm³/mol. The van der Waals surface area contributed by atoms with Crippen LogP contribution >= 0.6 is 0 Å². The van der Waals surface area contributed by atoms with Gasteiger partial charge in [0.2, 0.25) is 0 Å². The van der Waals surface area contributed by atoms with Crippen LogP contribution in [0.15, 0.2) is 53.5 Å². The summed E-state index contributed by atoms with van der Waals surface area (Å²) in [6, 6.07) is 16.0. The zero-order valence-electron chi connectivity index (χ0n) is 11.6. The van der Waals surface area contributed by atoms with Gasteiger partial charge in [-0.2, -0.15) is 0 Å². The molecular formula is C17H16N2O. The number of anilines is 1. The number of Topliss-reactive ketones (excluding diaryl/α,β-unsaturated/α-hetero) is 1. The van der Waals surface area contributed by atoms with Crippen molar-refractivity contribution in [3.8, 4) is 0 Å². The predicted octanol–water partition coefficient (Wildman–Crippen LogP) is 3.29. The quantitative estimate of drug-likeness (QED) is 0.780. The zero-order valence-corrected chi connectivity index (χ0v) is 11.6. The molecule has 2 aromatic carbocycles. The maximum absolute atomic E-state index is 11.3. The van der Waals surface area contributed by atoms with E-state index in [-0.39, 0.29) is 5.78 Å². The molecule has 3 rings (SSSR count). The Morgan fingerprint density at radius 2 is 1.80 bits per heavy atom.